The highest BCUT2D eigenvalue weighted by Gasteiger charge is 2.23. The van der Waals surface area contributed by atoms with Gasteiger partial charge in [0.05, 0.1) is 15.8 Å². The minimum atomic E-state index is -0.917. The van der Waals surface area contributed by atoms with Gasteiger partial charge in [-0.1, -0.05) is 0 Å². The number of nitrogens with one attached hydrogen (secondary N) is 1. The van der Waals surface area contributed by atoms with Crippen molar-refractivity contribution < 1.29 is 14.3 Å². The Bertz CT molecular complexity index is 498. The van der Waals surface area contributed by atoms with Crippen LogP contribution in [0, 0.1) is 5.82 Å². The molecule has 1 unspecified atom stereocenters. The molecule has 0 bridgehead atoms. The maximum absolute atomic E-state index is 13.3. The number of anilines is 2. The highest BCUT2D eigenvalue weighted by molar-refractivity contribution is 9.10. The first-order valence-corrected chi connectivity index (χ1v) is 6.75. The van der Waals surface area contributed by atoms with Crippen LogP contribution in [0.5, 0.6) is 0 Å². The lowest BCUT2D eigenvalue weighted by Gasteiger charge is -2.32. The van der Waals surface area contributed by atoms with Gasteiger partial charge in [-0.3, -0.25) is 0 Å². The lowest BCUT2D eigenvalue weighted by atomic mass is 10.1. The number of likely N-dealkylation sites (tertiary alicyclic amines) is 1. The van der Waals surface area contributed by atoms with Gasteiger partial charge in [-0.2, -0.15) is 0 Å². The number of nitrogen functional groups attached to an aromatic ring is 1. The minimum Gasteiger partial charge on any atom is -0.465 e. The number of nitrogens with zero attached hydrogens (tertiary/aromatic N) is 1. The van der Waals surface area contributed by atoms with Crippen LogP contribution >= 0.6 is 15.9 Å². The lowest BCUT2D eigenvalue weighted by Crippen LogP contribution is -2.44. The molecule has 1 aliphatic rings. The van der Waals surface area contributed by atoms with Gasteiger partial charge in [-0.25, -0.2) is 9.18 Å². The number of rotatable bonds is 2. The maximum atomic E-state index is 13.3. The molecule has 0 saturated carbocycles. The van der Waals surface area contributed by atoms with Crippen LogP contribution in [0.4, 0.5) is 20.6 Å². The van der Waals surface area contributed by atoms with Crippen LogP contribution in [0.15, 0.2) is 16.6 Å². The van der Waals surface area contributed by atoms with Crippen molar-refractivity contribution in [2.24, 2.45) is 0 Å². The fraction of sp³-hybridized carbons (Fsp3) is 0.417. The molecule has 1 aromatic carbocycles. The summed E-state index contributed by atoms with van der Waals surface area (Å²) in [5.74, 6) is -0.418. The van der Waals surface area contributed by atoms with E-state index in [-0.39, 0.29) is 6.04 Å². The third-order valence-electron chi connectivity index (χ3n) is 3.14. The first-order valence-electron chi connectivity index (χ1n) is 5.96. The van der Waals surface area contributed by atoms with Gasteiger partial charge in [-0.15, -0.1) is 0 Å². The number of hydrogen-bond donors (Lipinski definition) is 3. The molecular weight excluding hydrogens is 317 g/mol. The number of benzene rings is 1. The molecule has 1 amide bonds. The van der Waals surface area contributed by atoms with Crippen LogP contribution in [0.25, 0.3) is 0 Å². The van der Waals surface area contributed by atoms with E-state index in [9.17, 15) is 9.18 Å². The zero-order chi connectivity index (χ0) is 14.0. The van der Waals surface area contributed by atoms with Crippen molar-refractivity contribution in [2.75, 3.05) is 24.1 Å². The summed E-state index contributed by atoms with van der Waals surface area (Å²) in [6, 6.07) is 2.80. The van der Waals surface area contributed by atoms with Crippen molar-refractivity contribution in [3.63, 3.8) is 0 Å². The Morgan fingerprint density at radius 2 is 2.32 bits per heavy atom. The number of piperidine rings is 1. The predicted octanol–water partition coefficient (Wildman–Crippen LogP) is 2.72. The quantitative estimate of drug-likeness (QED) is 0.728. The Morgan fingerprint density at radius 3 is 3.00 bits per heavy atom. The van der Waals surface area contributed by atoms with E-state index >= 15 is 0 Å². The highest BCUT2D eigenvalue weighted by Crippen LogP contribution is 2.28. The Kier molecular flexibility index (Phi) is 4.14. The third-order valence-corrected chi connectivity index (χ3v) is 3.75. The van der Waals surface area contributed by atoms with Crippen molar-refractivity contribution in [3.8, 4) is 0 Å². The third kappa shape index (κ3) is 3.28. The van der Waals surface area contributed by atoms with E-state index in [1.165, 1.54) is 11.0 Å². The first-order chi connectivity index (χ1) is 8.97. The largest absolute Gasteiger partial charge is 0.465 e. The Hall–Kier alpha value is -1.50. The molecule has 0 radical (unpaired) electrons. The molecular formula is C12H15BrFN3O2. The number of amides is 1. The monoisotopic (exact) mass is 331 g/mol. The second-order valence-electron chi connectivity index (χ2n) is 4.57. The average Bonchev–Trinajstić information content (AvgIpc) is 2.36. The average molecular weight is 332 g/mol. The van der Waals surface area contributed by atoms with Crippen molar-refractivity contribution in [1.29, 1.82) is 0 Å². The van der Waals surface area contributed by atoms with Crippen LogP contribution < -0.4 is 11.1 Å². The fourth-order valence-corrected chi connectivity index (χ4v) is 2.52. The van der Waals surface area contributed by atoms with Crippen molar-refractivity contribution in [2.45, 2.75) is 18.9 Å². The molecule has 1 atom stereocenters. The zero-order valence-corrected chi connectivity index (χ0v) is 11.8. The lowest BCUT2D eigenvalue weighted by molar-refractivity contribution is 0.133. The Balaban J connectivity index is 2.08. The summed E-state index contributed by atoms with van der Waals surface area (Å²) in [6.07, 6.45) is 0.740. The van der Waals surface area contributed by atoms with Crippen LogP contribution in [0.3, 0.4) is 0 Å². The molecule has 1 fully saturated rings. The van der Waals surface area contributed by atoms with E-state index in [4.69, 9.17) is 10.8 Å². The summed E-state index contributed by atoms with van der Waals surface area (Å²) in [5, 5.41) is 12.1. The van der Waals surface area contributed by atoms with Gasteiger partial charge in [0.1, 0.15) is 5.82 Å². The number of carbonyl (C=O) groups is 1. The van der Waals surface area contributed by atoms with Crippen LogP contribution in [-0.2, 0) is 0 Å². The molecule has 0 spiro atoms. The predicted molar refractivity (Wildman–Crippen MR) is 74.8 cm³/mol. The maximum Gasteiger partial charge on any atom is 0.407 e. The Labute approximate surface area is 118 Å². The van der Waals surface area contributed by atoms with Gasteiger partial charge in [0, 0.05) is 25.2 Å². The summed E-state index contributed by atoms with van der Waals surface area (Å²) in [4.78, 5) is 12.3. The second-order valence-corrected chi connectivity index (χ2v) is 5.42. The van der Waals surface area contributed by atoms with Gasteiger partial charge in [0.2, 0.25) is 0 Å². The number of hydrogen-bond acceptors (Lipinski definition) is 3. The molecule has 104 valence electrons. The van der Waals surface area contributed by atoms with Crippen molar-refractivity contribution in [3.05, 3.63) is 22.4 Å². The first kappa shape index (κ1) is 13.9. The zero-order valence-electron chi connectivity index (χ0n) is 10.2. The topological polar surface area (TPSA) is 78.6 Å². The second kappa shape index (κ2) is 5.64. The number of carboxylic acid groups (broad SMARTS) is 1. The molecule has 1 aliphatic heterocycles. The van der Waals surface area contributed by atoms with E-state index < -0.39 is 11.9 Å². The van der Waals surface area contributed by atoms with Crippen LogP contribution in [-0.4, -0.2) is 35.2 Å². The molecule has 5 nitrogen and oxygen atoms in total. The van der Waals surface area contributed by atoms with E-state index in [1.54, 1.807) is 6.07 Å². The normalized spacial score (nSPS) is 19.3. The molecule has 2 rings (SSSR count). The van der Waals surface area contributed by atoms with Crippen molar-refractivity contribution in [1.82, 2.24) is 4.90 Å². The Morgan fingerprint density at radius 1 is 1.58 bits per heavy atom. The minimum absolute atomic E-state index is 0.00971. The molecule has 0 aliphatic carbocycles. The van der Waals surface area contributed by atoms with Gasteiger partial charge >= 0.3 is 6.09 Å². The number of halogens is 2. The molecule has 0 aromatic heterocycles. The molecule has 1 heterocycles. The standard InChI is InChI=1S/C12H15BrFN3O2/c13-8-4-11(10(15)5-9(8)14)16-7-2-1-3-17(6-7)12(18)19/h4-5,7,16H,1-3,6,15H2,(H,18,19). The molecule has 1 saturated heterocycles. The van der Waals surface area contributed by atoms with Crippen LogP contribution in [0.1, 0.15) is 12.8 Å². The molecule has 1 aromatic rings. The van der Waals surface area contributed by atoms with Gasteiger partial charge in [-0.05, 0) is 34.8 Å². The summed E-state index contributed by atoms with van der Waals surface area (Å²) in [6.45, 7) is 0.958. The summed E-state index contributed by atoms with van der Waals surface area (Å²) in [7, 11) is 0. The van der Waals surface area contributed by atoms with Gasteiger partial charge < -0.3 is 21.1 Å². The summed E-state index contributed by atoms with van der Waals surface area (Å²) < 4.78 is 13.6. The SMILES string of the molecule is Nc1cc(F)c(Br)cc1NC1CCCN(C(=O)O)C1. The van der Waals surface area contributed by atoms with Crippen LogP contribution in [0.2, 0.25) is 0 Å². The molecule has 4 N–H and O–H groups in total. The van der Waals surface area contributed by atoms with Gasteiger partial charge in [0.25, 0.3) is 0 Å². The van der Waals surface area contributed by atoms with E-state index in [0.717, 1.165) is 12.8 Å². The molecule has 7 heteroatoms. The summed E-state index contributed by atoms with van der Waals surface area (Å²) >= 11 is 3.11. The van der Waals surface area contributed by atoms with Crippen molar-refractivity contribution >= 4 is 33.4 Å². The summed E-state index contributed by atoms with van der Waals surface area (Å²) in [5.41, 5.74) is 6.68. The number of nitrogens with two attached hydrogens (primary N) is 1. The van der Waals surface area contributed by atoms with E-state index in [2.05, 4.69) is 21.2 Å². The smallest absolute Gasteiger partial charge is 0.407 e. The fourth-order valence-electron chi connectivity index (χ4n) is 2.18. The van der Waals surface area contributed by atoms with E-state index in [0.29, 0.717) is 28.9 Å². The highest BCUT2D eigenvalue weighted by atomic mass is 79.9. The van der Waals surface area contributed by atoms with E-state index in [1.807, 2.05) is 0 Å². The molecule has 19 heavy (non-hydrogen) atoms. The van der Waals surface area contributed by atoms with Gasteiger partial charge in [0.15, 0.2) is 0 Å².